The van der Waals surface area contributed by atoms with Crippen LogP contribution in [0.15, 0.2) is 48.5 Å². The van der Waals surface area contributed by atoms with Crippen molar-refractivity contribution in [2.45, 2.75) is 19.5 Å². The summed E-state index contributed by atoms with van der Waals surface area (Å²) >= 11 is 0. The SMILES string of the molecule is CC(OS(C)(=O)=O)c1ccc(-c2ccc(C(F)F)cc2)cc1. The summed E-state index contributed by atoms with van der Waals surface area (Å²) in [5.74, 6) is 0. The van der Waals surface area contributed by atoms with Crippen LogP contribution in [0.3, 0.4) is 0 Å². The van der Waals surface area contributed by atoms with Gasteiger partial charge in [0.05, 0.1) is 12.4 Å². The number of halogens is 2. The molecule has 0 spiro atoms. The number of benzene rings is 2. The van der Waals surface area contributed by atoms with Gasteiger partial charge < -0.3 is 0 Å². The molecule has 0 aliphatic carbocycles. The maximum absolute atomic E-state index is 12.5. The van der Waals surface area contributed by atoms with Gasteiger partial charge in [-0.15, -0.1) is 0 Å². The highest BCUT2D eigenvalue weighted by Crippen LogP contribution is 2.26. The van der Waals surface area contributed by atoms with Crippen LogP contribution in [0.4, 0.5) is 8.78 Å². The highest BCUT2D eigenvalue weighted by molar-refractivity contribution is 7.86. The van der Waals surface area contributed by atoms with Crippen LogP contribution >= 0.6 is 0 Å². The molecule has 0 amide bonds. The summed E-state index contributed by atoms with van der Waals surface area (Å²) in [5, 5.41) is 0. The molecule has 6 heteroatoms. The Morgan fingerprint density at radius 2 is 1.27 bits per heavy atom. The van der Waals surface area contributed by atoms with E-state index in [0.717, 1.165) is 22.9 Å². The molecule has 22 heavy (non-hydrogen) atoms. The Morgan fingerprint density at radius 1 is 0.864 bits per heavy atom. The average Bonchev–Trinajstić information content (AvgIpc) is 2.46. The summed E-state index contributed by atoms with van der Waals surface area (Å²) in [5.41, 5.74) is 2.37. The standard InChI is InChI=1S/C16H16F2O3S/c1-11(21-22(2,19)20)12-3-5-13(6-4-12)14-7-9-15(10-8-14)16(17)18/h3-11,16H,1-2H3. The Labute approximate surface area is 128 Å². The third-order valence-corrected chi connectivity index (χ3v) is 3.83. The van der Waals surface area contributed by atoms with Gasteiger partial charge in [-0.05, 0) is 23.6 Å². The van der Waals surface area contributed by atoms with Crippen molar-refractivity contribution < 1.29 is 21.4 Å². The molecule has 0 heterocycles. The van der Waals surface area contributed by atoms with Crippen molar-refractivity contribution in [2.24, 2.45) is 0 Å². The lowest BCUT2D eigenvalue weighted by Gasteiger charge is -2.12. The van der Waals surface area contributed by atoms with Gasteiger partial charge in [0.25, 0.3) is 16.5 Å². The topological polar surface area (TPSA) is 43.4 Å². The van der Waals surface area contributed by atoms with Crippen LogP contribution in [0.25, 0.3) is 11.1 Å². The number of hydrogen-bond acceptors (Lipinski definition) is 3. The zero-order valence-corrected chi connectivity index (χ0v) is 13.0. The van der Waals surface area contributed by atoms with Crippen molar-refractivity contribution >= 4 is 10.1 Å². The Hall–Kier alpha value is -1.79. The van der Waals surface area contributed by atoms with Gasteiger partial charge in [0, 0.05) is 5.56 Å². The van der Waals surface area contributed by atoms with E-state index in [0.29, 0.717) is 0 Å². The molecule has 2 aromatic rings. The van der Waals surface area contributed by atoms with Gasteiger partial charge in [-0.1, -0.05) is 48.5 Å². The molecule has 0 aromatic heterocycles. The van der Waals surface area contributed by atoms with E-state index in [9.17, 15) is 17.2 Å². The maximum atomic E-state index is 12.5. The lowest BCUT2D eigenvalue weighted by molar-refractivity contribution is 0.151. The van der Waals surface area contributed by atoms with Crippen LogP contribution in [0.5, 0.6) is 0 Å². The summed E-state index contributed by atoms with van der Waals surface area (Å²) in [4.78, 5) is 0. The predicted octanol–water partition coefficient (Wildman–Crippen LogP) is 4.33. The fraction of sp³-hybridized carbons (Fsp3) is 0.250. The minimum absolute atomic E-state index is 0.0180. The molecule has 118 valence electrons. The second kappa shape index (κ2) is 6.54. The lowest BCUT2D eigenvalue weighted by Crippen LogP contribution is -2.07. The highest BCUT2D eigenvalue weighted by atomic mass is 32.2. The molecule has 0 aliphatic heterocycles. The van der Waals surface area contributed by atoms with Crippen molar-refractivity contribution in [3.8, 4) is 11.1 Å². The highest BCUT2D eigenvalue weighted by Gasteiger charge is 2.12. The molecule has 1 unspecified atom stereocenters. The predicted molar refractivity (Wildman–Crippen MR) is 81.2 cm³/mol. The lowest BCUT2D eigenvalue weighted by atomic mass is 10.0. The molecule has 3 nitrogen and oxygen atoms in total. The summed E-state index contributed by atoms with van der Waals surface area (Å²) in [6.07, 6.45) is -2.06. The fourth-order valence-electron chi connectivity index (χ4n) is 2.09. The fourth-order valence-corrected chi connectivity index (χ4v) is 2.72. The second-order valence-corrected chi connectivity index (χ2v) is 6.59. The molecule has 0 radical (unpaired) electrons. The van der Waals surface area contributed by atoms with Gasteiger partial charge in [0.2, 0.25) is 0 Å². The molecular formula is C16H16F2O3S. The largest absolute Gasteiger partial charge is 0.264 e. The van der Waals surface area contributed by atoms with E-state index in [1.165, 1.54) is 12.1 Å². The molecule has 0 aliphatic rings. The van der Waals surface area contributed by atoms with Crippen molar-refractivity contribution in [1.82, 2.24) is 0 Å². The van der Waals surface area contributed by atoms with Crippen LogP contribution in [-0.2, 0) is 14.3 Å². The maximum Gasteiger partial charge on any atom is 0.264 e. The van der Waals surface area contributed by atoms with E-state index in [1.807, 2.05) is 0 Å². The molecule has 2 rings (SSSR count). The van der Waals surface area contributed by atoms with Gasteiger partial charge in [-0.25, -0.2) is 8.78 Å². The van der Waals surface area contributed by atoms with Crippen LogP contribution in [-0.4, -0.2) is 14.7 Å². The van der Waals surface area contributed by atoms with Gasteiger partial charge in [0.15, 0.2) is 0 Å². The van der Waals surface area contributed by atoms with Crippen LogP contribution in [0.1, 0.15) is 30.6 Å². The van der Waals surface area contributed by atoms with E-state index >= 15 is 0 Å². The van der Waals surface area contributed by atoms with Crippen LogP contribution in [0, 0.1) is 0 Å². The van der Waals surface area contributed by atoms with Gasteiger partial charge in [0.1, 0.15) is 0 Å². The molecule has 0 saturated heterocycles. The van der Waals surface area contributed by atoms with Crippen molar-refractivity contribution in [3.63, 3.8) is 0 Å². The first-order valence-corrected chi connectivity index (χ1v) is 8.44. The first kappa shape index (κ1) is 16.6. The minimum Gasteiger partial charge on any atom is -0.262 e. The summed E-state index contributed by atoms with van der Waals surface area (Å²) < 4.78 is 52.1. The summed E-state index contributed by atoms with van der Waals surface area (Å²) in [6.45, 7) is 1.65. The van der Waals surface area contributed by atoms with E-state index in [1.54, 1.807) is 43.3 Å². The molecule has 1 atom stereocenters. The van der Waals surface area contributed by atoms with Gasteiger partial charge in [-0.2, -0.15) is 8.42 Å². The number of hydrogen-bond donors (Lipinski definition) is 0. The average molecular weight is 326 g/mol. The van der Waals surface area contributed by atoms with E-state index in [-0.39, 0.29) is 5.56 Å². The quantitative estimate of drug-likeness (QED) is 0.768. The first-order valence-electron chi connectivity index (χ1n) is 6.63. The Morgan fingerprint density at radius 3 is 1.64 bits per heavy atom. The van der Waals surface area contributed by atoms with E-state index in [4.69, 9.17) is 4.18 Å². The Kier molecular flexibility index (Phi) is 4.93. The third-order valence-electron chi connectivity index (χ3n) is 3.20. The Balaban J connectivity index is 2.18. The molecule has 0 saturated carbocycles. The van der Waals surface area contributed by atoms with Crippen molar-refractivity contribution in [1.29, 1.82) is 0 Å². The van der Waals surface area contributed by atoms with Gasteiger partial charge in [-0.3, -0.25) is 4.18 Å². The van der Waals surface area contributed by atoms with E-state index in [2.05, 4.69) is 0 Å². The smallest absolute Gasteiger partial charge is 0.262 e. The zero-order valence-electron chi connectivity index (χ0n) is 12.2. The van der Waals surface area contributed by atoms with Crippen LogP contribution in [0.2, 0.25) is 0 Å². The number of alkyl halides is 2. The molecular weight excluding hydrogens is 310 g/mol. The van der Waals surface area contributed by atoms with Crippen molar-refractivity contribution in [3.05, 3.63) is 59.7 Å². The van der Waals surface area contributed by atoms with Crippen molar-refractivity contribution in [2.75, 3.05) is 6.26 Å². The summed E-state index contributed by atoms with van der Waals surface area (Å²) in [7, 11) is -3.52. The summed E-state index contributed by atoms with van der Waals surface area (Å²) in [6, 6.07) is 13.2. The third kappa shape index (κ3) is 4.35. The van der Waals surface area contributed by atoms with Crippen LogP contribution < -0.4 is 0 Å². The Bertz CT molecular complexity index is 723. The monoisotopic (exact) mass is 326 g/mol. The molecule has 2 aromatic carbocycles. The molecule has 0 N–H and O–H groups in total. The normalized spacial score (nSPS) is 13.3. The second-order valence-electron chi connectivity index (χ2n) is 4.99. The molecule has 0 fully saturated rings. The van der Waals surface area contributed by atoms with Gasteiger partial charge >= 0.3 is 0 Å². The minimum atomic E-state index is -3.52. The number of rotatable bonds is 5. The first-order chi connectivity index (χ1) is 10.3. The van der Waals surface area contributed by atoms with E-state index < -0.39 is 22.6 Å². The zero-order chi connectivity index (χ0) is 16.3. The molecule has 0 bridgehead atoms.